The zero-order valence-electron chi connectivity index (χ0n) is 11.5. The monoisotopic (exact) mass is 303 g/mol. The second-order valence-corrected chi connectivity index (χ2v) is 8.05. The van der Waals surface area contributed by atoms with Crippen molar-refractivity contribution in [1.82, 2.24) is 10.2 Å². The fraction of sp³-hybridized carbons (Fsp3) is 0.667. The van der Waals surface area contributed by atoms with Crippen molar-refractivity contribution < 1.29 is 8.42 Å². The van der Waals surface area contributed by atoms with Crippen LogP contribution in [0.2, 0.25) is 0 Å². The quantitative estimate of drug-likeness (QED) is 0.878. The topological polar surface area (TPSA) is 75.4 Å². The smallest absolute Gasteiger partial charge is 0.247 e. The van der Waals surface area contributed by atoms with Gasteiger partial charge in [-0.15, -0.1) is 11.3 Å². The van der Waals surface area contributed by atoms with Gasteiger partial charge in [0.1, 0.15) is 4.21 Å². The summed E-state index contributed by atoms with van der Waals surface area (Å²) in [5.41, 5.74) is 1.09. The fourth-order valence-electron chi connectivity index (χ4n) is 2.37. The highest BCUT2D eigenvalue weighted by molar-refractivity contribution is 7.91. The van der Waals surface area contributed by atoms with Gasteiger partial charge in [-0.05, 0) is 32.0 Å². The van der Waals surface area contributed by atoms with Gasteiger partial charge in [0.2, 0.25) is 10.0 Å². The summed E-state index contributed by atoms with van der Waals surface area (Å²) < 4.78 is 23.2. The molecule has 0 amide bonds. The van der Waals surface area contributed by atoms with Crippen molar-refractivity contribution in [1.29, 1.82) is 0 Å². The van der Waals surface area contributed by atoms with Crippen molar-refractivity contribution in [2.24, 2.45) is 5.14 Å². The van der Waals surface area contributed by atoms with Gasteiger partial charge in [0.05, 0.1) is 0 Å². The Morgan fingerprint density at radius 3 is 2.79 bits per heavy atom. The second kappa shape index (κ2) is 5.49. The molecule has 1 aliphatic heterocycles. The predicted octanol–water partition coefficient (Wildman–Crippen LogP) is 1.27. The van der Waals surface area contributed by atoms with Crippen molar-refractivity contribution in [3.05, 3.63) is 16.5 Å². The third-order valence-corrected chi connectivity index (χ3v) is 5.98. The lowest BCUT2D eigenvalue weighted by molar-refractivity contribution is 0.176. The van der Waals surface area contributed by atoms with Crippen LogP contribution in [-0.2, 0) is 16.6 Å². The molecule has 0 bridgehead atoms. The van der Waals surface area contributed by atoms with Crippen LogP contribution in [0.15, 0.2) is 10.3 Å². The van der Waals surface area contributed by atoms with Gasteiger partial charge in [-0.25, -0.2) is 13.6 Å². The first-order chi connectivity index (χ1) is 8.82. The number of thiophene rings is 1. The van der Waals surface area contributed by atoms with Crippen LogP contribution in [0.4, 0.5) is 0 Å². The van der Waals surface area contributed by atoms with Gasteiger partial charge in [0.15, 0.2) is 0 Å². The number of nitrogens with two attached hydrogens (primary N) is 1. The second-order valence-electron chi connectivity index (χ2n) is 5.12. The Morgan fingerprint density at radius 1 is 1.58 bits per heavy atom. The van der Waals surface area contributed by atoms with E-state index in [2.05, 4.69) is 31.0 Å². The number of nitrogens with zero attached hydrogens (tertiary/aromatic N) is 1. The van der Waals surface area contributed by atoms with Gasteiger partial charge in [0.25, 0.3) is 0 Å². The zero-order valence-corrected chi connectivity index (χ0v) is 13.1. The summed E-state index contributed by atoms with van der Waals surface area (Å²) in [5, 5.41) is 8.65. The van der Waals surface area contributed by atoms with Gasteiger partial charge in [0, 0.05) is 30.1 Å². The Kier molecular flexibility index (Phi) is 4.32. The van der Waals surface area contributed by atoms with Crippen LogP contribution >= 0.6 is 11.3 Å². The van der Waals surface area contributed by atoms with E-state index in [9.17, 15) is 8.42 Å². The van der Waals surface area contributed by atoms with E-state index < -0.39 is 10.0 Å². The maximum absolute atomic E-state index is 11.5. The number of nitrogens with one attached hydrogen (secondary N) is 1. The van der Waals surface area contributed by atoms with Crippen molar-refractivity contribution in [3.8, 4) is 0 Å². The molecule has 0 saturated heterocycles. The molecule has 1 aromatic heterocycles. The minimum absolute atomic E-state index is 0.183. The molecule has 19 heavy (non-hydrogen) atoms. The standard InChI is InChI=1S/C12H21N3O2S2/c1-4-14-10-6-15(8(2)3)7-11-9(10)5-12(18-11)19(13,16)17/h5,8,10,14H,4,6-7H2,1-3H3,(H2,13,16,17). The molecule has 7 heteroatoms. The molecule has 1 aliphatic rings. The van der Waals surface area contributed by atoms with Crippen molar-refractivity contribution >= 4 is 21.4 Å². The number of fused-ring (bicyclic) bond motifs is 1. The molecule has 0 aliphatic carbocycles. The van der Waals surface area contributed by atoms with Crippen molar-refractivity contribution in [3.63, 3.8) is 0 Å². The van der Waals surface area contributed by atoms with E-state index in [1.54, 1.807) is 6.07 Å². The SMILES string of the molecule is CCNC1CN(C(C)C)Cc2sc(S(N)(=O)=O)cc21. The van der Waals surface area contributed by atoms with Crippen molar-refractivity contribution in [2.45, 2.75) is 43.6 Å². The molecular weight excluding hydrogens is 282 g/mol. The largest absolute Gasteiger partial charge is 0.309 e. The van der Waals surface area contributed by atoms with Crippen LogP contribution < -0.4 is 10.5 Å². The van der Waals surface area contributed by atoms with Crippen LogP contribution in [-0.4, -0.2) is 32.4 Å². The zero-order chi connectivity index (χ0) is 14.2. The summed E-state index contributed by atoms with van der Waals surface area (Å²) in [6, 6.07) is 2.36. The van der Waals surface area contributed by atoms with Crippen molar-refractivity contribution in [2.75, 3.05) is 13.1 Å². The third-order valence-electron chi connectivity index (χ3n) is 3.42. The van der Waals surface area contributed by atoms with E-state index in [4.69, 9.17) is 5.14 Å². The maximum atomic E-state index is 11.5. The Bertz CT molecular complexity index is 551. The first-order valence-corrected chi connectivity index (χ1v) is 8.82. The Hall–Kier alpha value is -0.470. The molecule has 2 rings (SSSR count). The average molecular weight is 303 g/mol. The summed E-state index contributed by atoms with van der Waals surface area (Å²) in [5.74, 6) is 0. The first-order valence-electron chi connectivity index (χ1n) is 6.45. The number of likely N-dealkylation sites (N-methyl/N-ethyl adjacent to an activating group) is 1. The summed E-state index contributed by atoms with van der Waals surface area (Å²) in [6.45, 7) is 8.93. The highest BCUT2D eigenvalue weighted by atomic mass is 32.2. The fourth-order valence-corrected chi connectivity index (χ4v) is 4.41. The molecule has 0 aromatic carbocycles. The predicted molar refractivity (Wildman–Crippen MR) is 77.7 cm³/mol. The van der Waals surface area contributed by atoms with Crippen LogP contribution in [0.5, 0.6) is 0 Å². The number of sulfonamides is 1. The summed E-state index contributed by atoms with van der Waals surface area (Å²) in [6.07, 6.45) is 0. The molecule has 3 N–H and O–H groups in total. The molecule has 1 aromatic rings. The third kappa shape index (κ3) is 3.17. The molecule has 2 heterocycles. The lowest BCUT2D eigenvalue weighted by Gasteiger charge is -2.35. The van der Waals surface area contributed by atoms with Gasteiger partial charge in [-0.2, -0.15) is 0 Å². The van der Waals surface area contributed by atoms with Gasteiger partial charge in [-0.1, -0.05) is 6.92 Å². The first kappa shape index (κ1) is 14.9. The summed E-state index contributed by atoms with van der Waals surface area (Å²) in [4.78, 5) is 3.45. The summed E-state index contributed by atoms with van der Waals surface area (Å²) >= 11 is 1.30. The van der Waals surface area contributed by atoms with E-state index in [-0.39, 0.29) is 10.3 Å². The number of rotatable bonds is 4. The van der Waals surface area contributed by atoms with E-state index >= 15 is 0 Å². The molecule has 0 spiro atoms. The molecule has 0 saturated carbocycles. The van der Waals surface area contributed by atoms with Gasteiger partial charge in [-0.3, -0.25) is 4.90 Å². The van der Waals surface area contributed by atoms with Crippen LogP contribution in [0.3, 0.4) is 0 Å². The van der Waals surface area contributed by atoms with E-state index in [1.807, 2.05) is 0 Å². The minimum atomic E-state index is -3.60. The lowest BCUT2D eigenvalue weighted by atomic mass is 10.0. The van der Waals surface area contributed by atoms with Gasteiger partial charge < -0.3 is 5.32 Å². The highest BCUT2D eigenvalue weighted by Gasteiger charge is 2.29. The highest BCUT2D eigenvalue weighted by Crippen LogP contribution is 2.35. The molecule has 1 atom stereocenters. The molecule has 108 valence electrons. The van der Waals surface area contributed by atoms with Crippen LogP contribution in [0.1, 0.15) is 37.3 Å². The molecule has 0 fully saturated rings. The van der Waals surface area contributed by atoms with E-state index in [0.717, 1.165) is 30.1 Å². The molecule has 0 radical (unpaired) electrons. The van der Waals surface area contributed by atoms with E-state index in [1.165, 1.54) is 11.3 Å². The lowest BCUT2D eigenvalue weighted by Crippen LogP contribution is -2.42. The van der Waals surface area contributed by atoms with Gasteiger partial charge >= 0.3 is 0 Å². The van der Waals surface area contributed by atoms with E-state index in [0.29, 0.717) is 6.04 Å². The number of primary sulfonamides is 1. The minimum Gasteiger partial charge on any atom is -0.309 e. The normalized spacial score (nSPS) is 20.8. The Balaban J connectivity index is 2.39. The molecule has 5 nitrogen and oxygen atoms in total. The Labute approximate surface area is 118 Å². The summed E-state index contributed by atoms with van der Waals surface area (Å²) in [7, 11) is -3.60. The average Bonchev–Trinajstić information content (AvgIpc) is 2.72. The molecular formula is C12H21N3O2S2. The van der Waals surface area contributed by atoms with Crippen LogP contribution in [0.25, 0.3) is 0 Å². The van der Waals surface area contributed by atoms with Crippen LogP contribution in [0, 0.1) is 0 Å². The number of hydrogen-bond acceptors (Lipinski definition) is 5. The Morgan fingerprint density at radius 2 is 2.26 bits per heavy atom. The number of hydrogen-bond donors (Lipinski definition) is 2. The molecule has 1 unspecified atom stereocenters. The maximum Gasteiger partial charge on any atom is 0.247 e.